The van der Waals surface area contributed by atoms with E-state index < -0.39 is 0 Å². The predicted molar refractivity (Wildman–Crippen MR) is 113 cm³/mol. The van der Waals surface area contributed by atoms with E-state index in [0.717, 1.165) is 39.1 Å². The topological polar surface area (TPSA) is 51.2 Å². The van der Waals surface area contributed by atoms with Crippen LogP contribution in [-0.4, -0.2) is 24.1 Å². The smallest absolute Gasteiger partial charge is 0.226 e. The Morgan fingerprint density at radius 2 is 2.11 bits per heavy atom. The van der Waals surface area contributed by atoms with Crippen molar-refractivity contribution in [1.82, 2.24) is 10.3 Å². The summed E-state index contributed by atoms with van der Waals surface area (Å²) in [5, 5.41) is 10.3. The lowest BCUT2D eigenvalue weighted by molar-refractivity contribution is -0.123. The summed E-state index contributed by atoms with van der Waals surface area (Å²) in [5.74, 6) is -0.000885. The molecule has 4 rings (SSSR count). The second kappa shape index (κ2) is 8.22. The molecule has 0 bridgehead atoms. The third kappa shape index (κ3) is 4.32. The van der Waals surface area contributed by atoms with Crippen molar-refractivity contribution >= 4 is 44.5 Å². The van der Waals surface area contributed by atoms with Gasteiger partial charge in [-0.2, -0.15) is 11.3 Å². The average molecular weight is 463 g/mol. The van der Waals surface area contributed by atoms with Crippen LogP contribution in [0, 0.1) is 0 Å². The van der Waals surface area contributed by atoms with Gasteiger partial charge in [0.15, 0.2) is 0 Å². The van der Waals surface area contributed by atoms with Gasteiger partial charge in [-0.05, 0) is 42.0 Å². The number of halogens is 1. The van der Waals surface area contributed by atoms with Crippen molar-refractivity contribution < 1.29 is 9.53 Å². The molecule has 2 aromatic heterocycles. The molecular weight excluding hydrogens is 444 g/mol. The first-order valence-corrected chi connectivity index (χ1v) is 11.4. The highest BCUT2D eigenvalue weighted by molar-refractivity contribution is 9.10. The summed E-state index contributed by atoms with van der Waals surface area (Å²) in [6.07, 6.45) is 1.83. The van der Waals surface area contributed by atoms with Crippen molar-refractivity contribution in [3.63, 3.8) is 0 Å². The van der Waals surface area contributed by atoms with Crippen LogP contribution in [-0.2, 0) is 21.5 Å². The van der Waals surface area contributed by atoms with Crippen molar-refractivity contribution in [2.45, 2.75) is 24.8 Å². The summed E-state index contributed by atoms with van der Waals surface area (Å²) >= 11 is 6.78. The van der Waals surface area contributed by atoms with Gasteiger partial charge < -0.3 is 10.1 Å². The third-order valence-electron chi connectivity index (χ3n) is 4.76. The van der Waals surface area contributed by atoms with Gasteiger partial charge in [-0.15, -0.1) is 11.3 Å². The zero-order valence-electron chi connectivity index (χ0n) is 14.6. The van der Waals surface area contributed by atoms with Gasteiger partial charge >= 0.3 is 0 Å². The molecular formula is C20H19BrN2O2S2. The third-order valence-corrected chi connectivity index (χ3v) is 6.88. The van der Waals surface area contributed by atoms with Crippen LogP contribution in [0.1, 0.15) is 24.1 Å². The number of carbonyl (C=O) groups excluding carboxylic acids is 1. The van der Waals surface area contributed by atoms with E-state index in [9.17, 15) is 4.79 Å². The molecule has 4 nitrogen and oxygen atoms in total. The number of amides is 1. The van der Waals surface area contributed by atoms with Gasteiger partial charge in [-0.3, -0.25) is 4.79 Å². The van der Waals surface area contributed by atoms with Crippen LogP contribution in [0.25, 0.3) is 10.6 Å². The molecule has 0 saturated carbocycles. The Hall–Kier alpha value is -1.54. The van der Waals surface area contributed by atoms with Crippen molar-refractivity contribution in [3.05, 3.63) is 62.2 Å². The van der Waals surface area contributed by atoms with E-state index in [1.807, 2.05) is 22.9 Å². The summed E-state index contributed by atoms with van der Waals surface area (Å²) in [6, 6.07) is 10.2. The molecule has 1 aliphatic rings. The molecule has 140 valence electrons. The van der Waals surface area contributed by atoms with E-state index >= 15 is 0 Å². The first-order chi connectivity index (χ1) is 13.1. The lowest BCUT2D eigenvalue weighted by atomic mass is 9.82. The number of nitrogens with one attached hydrogen (secondary N) is 1. The lowest BCUT2D eigenvalue weighted by Gasteiger charge is -2.38. The van der Waals surface area contributed by atoms with Gasteiger partial charge in [0.05, 0.1) is 17.7 Å². The van der Waals surface area contributed by atoms with Crippen molar-refractivity contribution in [1.29, 1.82) is 0 Å². The Morgan fingerprint density at radius 1 is 1.26 bits per heavy atom. The van der Waals surface area contributed by atoms with Crippen LogP contribution >= 0.6 is 38.6 Å². The number of ether oxygens (including phenoxy) is 1. The number of thiazole rings is 1. The van der Waals surface area contributed by atoms with Crippen molar-refractivity contribution in [3.8, 4) is 10.6 Å². The minimum Gasteiger partial charge on any atom is -0.381 e. The fourth-order valence-corrected chi connectivity index (χ4v) is 5.31. The largest absolute Gasteiger partial charge is 0.381 e. The van der Waals surface area contributed by atoms with Crippen LogP contribution < -0.4 is 5.32 Å². The van der Waals surface area contributed by atoms with E-state index in [-0.39, 0.29) is 17.9 Å². The predicted octanol–water partition coefficient (Wildman–Crippen LogP) is 5.00. The van der Waals surface area contributed by atoms with Gasteiger partial charge in [0.1, 0.15) is 5.01 Å². The van der Waals surface area contributed by atoms with E-state index in [4.69, 9.17) is 4.74 Å². The summed E-state index contributed by atoms with van der Waals surface area (Å²) < 4.78 is 6.56. The summed E-state index contributed by atoms with van der Waals surface area (Å²) in [4.78, 5) is 17.5. The van der Waals surface area contributed by atoms with Crippen LogP contribution in [0.5, 0.6) is 0 Å². The standard InChI is InChI=1S/C20H19BrN2O2S2/c21-16-3-1-2-15(10-16)20(5-7-25-8-6-20)23-18(24)11-17-13-27-19(22-17)14-4-9-26-12-14/h1-4,9-10,12-13H,5-8,11H2,(H,23,24). The Labute approximate surface area is 174 Å². The summed E-state index contributed by atoms with van der Waals surface area (Å²) in [7, 11) is 0. The number of hydrogen-bond donors (Lipinski definition) is 1. The number of benzene rings is 1. The van der Waals surface area contributed by atoms with Crippen LogP contribution in [0.4, 0.5) is 0 Å². The number of thiophene rings is 1. The molecule has 7 heteroatoms. The molecule has 0 aliphatic carbocycles. The molecule has 0 spiro atoms. The minimum absolute atomic E-state index is 0.000885. The van der Waals surface area contributed by atoms with Crippen LogP contribution in [0.3, 0.4) is 0 Å². The maximum atomic E-state index is 12.8. The monoisotopic (exact) mass is 462 g/mol. The molecule has 0 radical (unpaired) electrons. The molecule has 27 heavy (non-hydrogen) atoms. The zero-order valence-corrected chi connectivity index (χ0v) is 17.8. The normalized spacial score (nSPS) is 16.2. The molecule has 3 aromatic rings. The minimum atomic E-state index is -0.384. The lowest BCUT2D eigenvalue weighted by Crippen LogP contribution is -2.50. The van der Waals surface area contributed by atoms with Crippen LogP contribution in [0.2, 0.25) is 0 Å². The average Bonchev–Trinajstić information content (AvgIpc) is 3.34. The van der Waals surface area contributed by atoms with Crippen molar-refractivity contribution in [2.24, 2.45) is 0 Å². The molecule has 0 atom stereocenters. The number of carbonyl (C=O) groups is 1. The molecule has 1 fully saturated rings. The van der Waals surface area contributed by atoms with Gasteiger partial charge in [0.25, 0.3) is 0 Å². The summed E-state index contributed by atoms with van der Waals surface area (Å²) in [6.45, 7) is 1.29. The van der Waals surface area contributed by atoms with Crippen molar-refractivity contribution in [2.75, 3.05) is 13.2 Å². The Morgan fingerprint density at radius 3 is 2.85 bits per heavy atom. The maximum Gasteiger partial charge on any atom is 0.226 e. The number of nitrogens with zero attached hydrogens (tertiary/aromatic N) is 1. The van der Waals surface area contributed by atoms with Gasteiger partial charge in [-0.1, -0.05) is 28.1 Å². The van der Waals surface area contributed by atoms with Gasteiger partial charge in [-0.25, -0.2) is 4.98 Å². The number of aromatic nitrogens is 1. The maximum absolute atomic E-state index is 12.8. The molecule has 1 aliphatic heterocycles. The van der Waals surface area contributed by atoms with Gasteiger partial charge in [0.2, 0.25) is 5.91 Å². The molecule has 1 amide bonds. The SMILES string of the molecule is O=C(Cc1csc(-c2ccsc2)n1)NC1(c2cccc(Br)c2)CCOCC1. The zero-order chi connectivity index (χ0) is 18.7. The van der Waals surface area contributed by atoms with Crippen LogP contribution in [0.15, 0.2) is 50.9 Å². The highest BCUT2D eigenvalue weighted by Crippen LogP contribution is 2.34. The fourth-order valence-electron chi connectivity index (χ4n) is 3.37. The second-order valence-electron chi connectivity index (χ2n) is 6.59. The quantitative estimate of drug-likeness (QED) is 0.580. The Balaban J connectivity index is 1.51. The molecule has 1 aromatic carbocycles. The second-order valence-corrected chi connectivity index (χ2v) is 9.14. The first-order valence-electron chi connectivity index (χ1n) is 8.76. The van der Waals surface area contributed by atoms with E-state index in [0.29, 0.717) is 13.2 Å². The molecule has 3 heterocycles. The number of rotatable bonds is 5. The number of hydrogen-bond acceptors (Lipinski definition) is 5. The Bertz CT molecular complexity index is 918. The van der Waals surface area contributed by atoms with E-state index in [1.54, 1.807) is 22.7 Å². The molecule has 0 unspecified atom stereocenters. The first kappa shape index (κ1) is 18.8. The van der Waals surface area contributed by atoms with E-state index in [1.165, 1.54) is 0 Å². The highest BCUT2D eigenvalue weighted by atomic mass is 79.9. The molecule has 1 saturated heterocycles. The summed E-state index contributed by atoms with van der Waals surface area (Å²) in [5.41, 5.74) is 2.67. The highest BCUT2D eigenvalue weighted by Gasteiger charge is 2.36. The fraction of sp³-hybridized carbons (Fsp3) is 0.300. The van der Waals surface area contributed by atoms with E-state index in [2.05, 4.69) is 49.8 Å². The van der Waals surface area contributed by atoms with Gasteiger partial charge in [0, 0.05) is 34.0 Å². The Kier molecular flexibility index (Phi) is 5.73. The molecule has 1 N–H and O–H groups in total.